The molecule has 0 spiro atoms. The molecule has 1 N–H and O–H groups in total. The van der Waals surface area contributed by atoms with E-state index in [-0.39, 0.29) is 16.7 Å². The van der Waals surface area contributed by atoms with Crippen LogP contribution >= 0.6 is 11.6 Å². The van der Waals surface area contributed by atoms with Gasteiger partial charge in [-0.25, -0.2) is 9.97 Å². The Morgan fingerprint density at radius 2 is 2.14 bits per heavy atom. The standard InChI is InChI=1S/C9H5ClN2O2/c10-9-6-3-5(14)1-2-7(6)11-8(4-13)12-9/h1-4,14H. The number of fused-ring (bicyclic) bond motifs is 1. The molecule has 0 amide bonds. The fraction of sp³-hybridized carbons (Fsp3) is 0. The highest BCUT2D eigenvalue weighted by molar-refractivity contribution is 6.34. The molecule has 1 heterocycles. The Bertz CT molecular complexity index is 513. The van der Waals surface area contributed by atoms with Gasteiger partial charge in [-0.3, -0.25) is 4.79 Å². The van der Waals surface area contributed by atoms with E-state index in [9.17, 15) is 9.90 Å². The maximum absolute atomic E-state index is 10.4. The summed E-state index contributed by atoms with van der Waals surface area (Å²) in [5.41, 5.74) is 0.532. The fourth-order valence-corrected chi connectivity index (χ4v) is 1.39. The van der Waals surface area contributed by atoms with Crippen molar-refractivity contribution in [1.29, 1.82) is 0 Å². The maximum Gasteiger partial charge on any atom is 0.194 e. The van der Waals surface area contributed by atoms with Crippen LogP contribution in [-0.4, -0.2) is 21.4 Å². The van der Waals surface area contributed by atoms with Crippen LogP contribution in [0, 0.1) is 0 Å². The van der Waals surface area contributed by atoms with Crippen LogP contribution in [0.1, 0.15) is 10.6 Å². The van der Waals surface area contributed by atoms with Crippen molar-refractivity contribution in [2.45, 2.75) is 0 Å². The normalized spacial score (nSPS) is 10.4. The second kappa shape index (κ2) is 3.23. The number of aldehydes is 1. The van der Waals surface area contributed by atoms with Crippen molar-refractivity contribution in [2.24, 2.45) is 0 Å². The number of aromatic hydroxyl groups is 1. The van der Waals surface area contributed by atoms with Crippen molar-refractivity contribution in [3.8, 4) is 5.75 Å². The smallest absolute Gasteiger partial charge is 0.194 e. The summed E-state index contributed by atoms with van der Waals surface area (Å²) in [5, 5.41) is 9.88. The summed E-state index contributed by atoms with van der Waals surface area (Å²) in [7, 11) is 0. The largest absolute Gasteiger partial charge is 0.508 e. The molecule has 70 valence electrons. The highest BCUT2D eigenvalue weighted by Crippen LogP contribution is 2.23. The molecule has 0 saturated heterocycles. The Hall–Kier alpha value is -1.68. The number of aromatic nitrogens is 2. The van der Waals surface area contributed by atoms with Crippen molar-refractivity contribution >= 4 is 28.8 Å². The molecule has 0 aliphatic carbocycles. The number of rotatable bonds is 1. The number of phenolic OH excluding ortho intramolecular Hbond substituents is 1. The minimum Gasteiger partial charge on any atom is -0.508 e. The Balaban J connectivity index is 2.82. The molecule has 0 radical (unpaired) electrons. The van der Waals surface area contributed by atoms with Gasteiger partial charge in [-0.15, -0.1) is 0 Å². The molecular weight excluding hydrogens is 204 g/mol. The van der Waals surface area contributed by atoms with Crippen LogP contribution in [0.25, 0.3) is 10.9 Å². The first-order valence-electron chi connectivity index (χ1n) is 3.82. The van der Waals surface area contributed by atoms with Crippen LogP contribution in [0.3, 0.4) is 0 Å². The van der Waals surface area contributed by atoms with Gasteiger partial charge in [0.1, 0.15) is 10.9 Å². The number of carbonyl (C=O) groups is 1. The van der Waals surface area contributed by atoms with Gasteiger partial charge in [-0.2, -0.15) is 0 Å². The minimum absolute atomic E-state index is 0.0354. The molecule has 1 aromatic heterocycles. The van der Waals surface area contributed by atoms with Crippen LogP contribution in [0.15, 0.2) is 18.2 Å². The molecule has 0 unspecified atom stereocenters. The second-order valence-electron chi connectivity index (χ2n) is 2.69. The minimum atomic E-state index is 0.0354. The van der Waals surface area contributed by atoms with Crippen LogP contribution < -0.4 is 0 Å². The van der Waals surface area contributed by atoms with Crippen molar-refractivity contribution in [1.82, 2.24) is 9.97 Å². The Morgan fingerprint density at radius 1 is 1.36 bits per heavy atom. The van der Waals surface area contributed by atoms with E-state index in [2.05, 4.69) is 9.97 Å². The highest BCUT2D eigenvalue weighted by atomic mass is 35.5. The van der Waals surface area contributed by atoms with Gasteiger partial charge in [0, 0.05) is 5.39 Å². The average molecular weight is 209 g/mol. The first kappa shape index (κ1) is 8.90. The van der Waals surface area contributed by atoms with E-state index < -0.39 is 0 Å². The summed E-state index contributed by atoms with van der Waals surface area (Å²) < 4.78 is 0. The molecule has 2 rings (SSSR count). The van der Waals surface area contributed by atoms with Gasteiger partial charge in [0.25, 0.3) is 0 Å². The summed E-state index contributed by atoms with van der Waals surface area (Å²) in [5.74, 6) is 0.120. The number of nitrogens with zero attached hydrogens (tertiary/aromatic N) is 2. The van der Waals surface area contributed by atoms with Gasteiger partial charge < -0.3 is 5.11 Å². The zero-order valence-electron chi connectivity index (χ0n) is 6.94. The van der Waals surface area contributed by atoms with Crippen LogP contribution in [0.4, 0.5) is 0 Å². The number of hydrogen-bond donors (Lipinski definition) is 1. The van der Waals surface area contributed by atoms with E-state index in [0.29, 0.717) is 17.2 Å². The predicted octanol–water partition coefficient (Wildman–Crippen LogP) is 1.80. The topological polar surface area (TPSA) is 63.1 Å². The lowest BCUT2D eigenvalue weighted by Gasteiger charge is -2.00. The zero-order chi connectivity index (χ0) is 10.1. The molecule has 0 bridgehead atoms. The molecule has 0 saturated carbocycles. The monoisotopic (exact) mass is 208 g/mol. The lowest BCUT2D eigenvalue weighted by atomic mass is 10.2. The lowest BCUT2D eigenvalue weighted by Crippen LogP contribution is -1.93. The number of halogens is 1. The Labute approximate surface area is 84.2 Å². The SMILES string of the molecule is O=Cc1nc(Cl)c2cc(O)ccc2n1. The van der Waals surface area contributed by atoms with E-state index in [1.807, 2.05) is 0 Å². The van der Waals surface area contributed by atoms with E-state index in [4.69, 9.17) is 11.6 Å². The number of phenols is 1. The van der Waals surface area contributed by atoms with Crippen LogP contribution in [-0.2, 0) is 0 Å². The third-order valence-electron chi connectivity index (χ3n) is 1.76. The maximum atomic E-state index is 10.4. The summed E-state index contributed by atoms with van der Waals surface area (Å²) in [6.45, 7) is 0. The molecule has 5 heteroatoms. The number of carbonyl (C=O) groups excluding carboxylic acids is 1. The highest BCUT2D eigenvalue weighted by Gasteiger charge is 2.05. The molecule has 2 aromatic rings. The summed E-state index contributed by atoms with van der Waals surface area (Å²) in [4.78, 5) is 18.1. The molecule has 0 fully saturated rings. The van der Waals surface area contributed by atoms with Crippen molar-refractivity contribution in [3.05, 3.63) is 29.2 Å². The van der Waals surface area contributed by atoms with E-state index in [1.54, 1.807) is 6.07 Å². The van der Waals surface area contributed by atoms with Crippen molar-refractivity contribution in [2.75, 3.05) is 0 Å². The third-order valence-corrected chi connectivity index (χ3v) is 2.04. The van der Waals surface area contributed by atoms with E-state index >= 15 is 0 Å². The lowest BCUT2D eigenvalue weighted by molar-refractivity contribution is 0.111. The fourth-order valence-electron chi connectivity index (χ4n) is 1.15. The van der Waals surface area contributed by atoms with Gasteiger partial charge in [0.2, 0.25) is 0 Å². The first-order valence-corrected chi connectivity index (χ1v) is 4.20. The Kier molecular flexibility index (Phi) is 2.05. The van der Waals surface area contributed by atoms with Crippen LogP contribution in [0.5, 0.6) is 5.75 Å². The molecule has 0 atom stereocenters. The van der Waals surface area contributed by atoms with E-state index in [0.717, 1.165) is 0 Å². The van der Waals surface area contributed by atoms with Gasteiger partial charge in [0.15, 0.2) is 12.1 Å². The van der Waals surface area contributed by atoms with Crippen LogP contribution in [0.2, 0.25) is 5.15 Å². The van der Waals surface area contributed by atoms with E-state index in [1.165, 1.54) is 12.1 Å². The quantitative estimate of drug-likeness (QED) is 0.573. The molecular formula is C9H5ClN2O2. The van der Waals surface area contributed by atoms with Crippen molar-refractivity contribution < 1.29 is 9.90 Å². The molecule has 4 nitrogen and oxygen atoms in total. The molecule has 0 aliphatic rings. The van der Waals surface area contributed by atoms with Crippen molar-refractivity contribution in [3.63, 3.8) is 0 Å². The number of hydrogen-bond acceptors (Lipinski definition) is 4. The summed E-state index contributed by atoms with van der Waals surface area (Å²) in [6.07, 6.45) is 0.526. The molecule has 14 heavy (non-hydrogen) atoms. The predicted molar refractivity (Wildman–Crippen MR) is 51.6 cm³/mol. The zero-order valence-corrected chi connectivity index (χ0v) is 7.69. The first-order chi connectivity index (χ1) is 6.70. The van der Waals surface area contributed by atoms with Gasteiger partial charge in [0.05, 0.1) is 5.52 Å². The van der Waals surface area contributed by atoms with Gasteiger partial charge >= 0.3 is 0 Å². The number of benzene rings is 1. The average Bonchev–Trinajstić information content (AvgIpc) is 2.19. The van der Waals surface area contributed by atoms with Gasteiger partial charge in [-0.1, -0.05) is 11.6 Å². The summed E-state index contributed by atoms with van der Waals surface area (Å²) >= 11 is 5.79. The summed E-state index contributed by atoms with van der Waals surface area (Å²) in [6, 6.07) is 4.50. The second-order valence-corrected chi connectivity index (χ2v) is 3.05. The Morgan fingerprint density at radius 3 is 2.86 bits per heavy atom. The molecule has 0 aliphatic heterocycles. The molecule has 1 aromatic carbocycles. The van der Waals surface area contributed by atoms with Gasteiger partial charge in [-0.05, 0) is 18.2 Å². The third kappa shape index (κ3) is 1.40.